The molecule has 2 unspecified atom stereocenters. The molecular weight excluding hydrogens is 608 g/mol. The largest absolute Gasteiger partial charge is 0.726 e. The van der Waals surface area contributed by atoms with Crippen molar-refractivity contribution in [2.75, 3.05) is 33.2 Å². The zero-order valence-corrected chi connectivity index (χ0v) is 26.1. The van der Waals surface area contributed by atoms with Gasteiger partial charge in [-0.05, 0) is 41.5 Å². The monoisotopic (exact) mass is 644 g/mol. The topological polar surface area (TPSA) is 122 Å². The van der Waals surface area contributed by atoms with Gasteiger partial charge in [0.25, 0.3) is 0 Å². The van der Waals surface area contributed by atoms with Crippen molar-refractivity contribution >= 4 is 21.3 Å². The SMILES string of the molecule is COc1ccc(COC[C@@H]2[C@@H](OCc3ccc(OC)cc3)C=C[S+]2C[C@H]2OC(c3ccccc3)OC[C@@H]2OS(=O)(=O)[O-])cc1. The van der Waals surface area contributed by atoms with Gasteiger partial charge in [-0.2, -0.15) is 0 Å². The molecule has 1 fully saturated rings. The van der Waals surface area contributed by atoms with Crippen LogP contribution in [-0.4, -0.2) is 69.7 Å². The van der Waals surface area contributed by atoms with Crippen molar-refractivity contribution in [3.63, 3.8) is 0 Å². The third-order valence-electron chi connectivity index (χ3n) is 7.30. The molecule has 3 aromatic carbocycles. The van der Waals surface area contributed by atoms with Crippen molar-refractivity contribution in [2.45, 2.75) is 43.1 Å². The highest BCUT2D eigenvalue weighted by Crippen LogP contribution is 2.33. The van der Waals surface area contributed by atoms with Crippen LogP contribution in [0.4, 0.5) is 0 Å². The lowest BCUT2D eigenvalue weighted by atomic mass is 10.1. The summed E-state index contributed by atoms with van der Waals surface area (Å²) in [6.07, 6.45) is -0.780. The highest BCUT2D eigenvalue weighted by atomic mass is 32.3. The summed E-state index contributed by atoms with van der Waals surface area (Å²) in [5.74, 6) is 1.93. The minimum Gasteiger partial charge on any atom is -0.726 e. The van der Waals surface area contributed by atoms with Crippen LogP contribution in [0.2, 0.25) is 0 Å². The van der Waals surface area contributed by atoms with Gasteiger partial charge in [0, 0.05) is 16.5 Å². The minimum atomic E-state index is -4.98. The van der Waals surface area contributed by atoms with Crippen LogP contribution < -0.4 is 9.47 Å². The molecule has 2 aliphatic heterocycles. The van der Waals surface area contributed by atoms with Gasteiger partial charge in [-0.25, -0.2) is 8.42 Å². The van der Waals surface area contributed by atoms with E-state index < -0.39 is 39.8 Å². The minimum absolute atomic E-state index is 0.0855. The van der Waals surface area contributed by atoms with E-state index in [1.54, 1.807) is 14.2 Å². The second-order valence-corrected chi connectivity index (χ2v) is 13.4. The van der Waals surface area contributed by atoms with E-state index in [-0.39, 0.29) is 18.0 Å². The van der Waals surface area contributed by atoms with E-state index in [1.165, 1.54) is 0 Å². The number of ether oxygens (including phenoxy) is 6. The molecule has 1 saturated heterocycles. The molecule has 0 spiro atoms. The van der Waals surface area contributed by atoms with E-state index in [2.05, 4.69) is 5.41 Å². The maximum atomic E-state index is 11.6. The molecule has 2 aliphatic rings. The summed E-state index contributed by atoms with van der Waals surface area (Å²) in [6.45, 7) is 1.05. The summed E-state index contributed by atoms with van der Waals surface area (Å²) >= 11 is 0. The lowest BCUT2D eigenvalue weighted by molar-refractivity contribution is -0.245. The Morgan fingerprint density at radius 3 is 2.14 bits per heavy atom. The van der Waals surface area contributed by atoms with Crippen molar-refractivity contribution in [2.24, 2.45) is 0 Å². The number of benzene rings is 3. The number of rotatable bonds is 14. The van der Waals surface area contributed by atoms with Crippen LogP contribution in [0.25, 0.3) is 0 Å². The lowest BCUT2D eigenvalue weighted by Crippen LogP contribution is -2.48. The van der Waals surface area contributed by atoms with Crippen LogP contribution in [0.1, 0.15) is 23.0 Å². The fourth-order valence-electron chi connectivity index (χ4n) is 4.97. The molecule has 0 amide bonds. The Morgan fingerprint density at radius 2 is 1.52 bits per heavy atom. The Balaban J connectivity index is 1.30. The summed E-state index contributed by atoms with van der Waals surface area (Å²) in [5, 5.41) is 1.98. The first-order chi connectivity index (χ1) is 21.3. The molecule has 12 heteroatoms. The predicted molar refractivity (Wildman–Crippen MR) is 164 cm³/mol. The first-order valence-corrected chi connectivity index (χ1v) is 16.9. The molecule has 0 radical (unpaired) electrons. The van der Waals surface area contributed by atoms with Gasteiger partial charge in [-0.1, -0.05) is 54.6 Å². The second kappa shape index (κ2) is 15.4. The Hall–Kier alpha value is -2.94. The van der Waals surface area contributed by atoms with Crippen molar-refractivity contribution < 1.29 is 45.6 Å². The molecule has 0 bridgehead atoms. The fraction of sp³-hybridized carbons (Fsp3) is 0.375. The molecule has 44 heavy (non-hydrogen) atoms. The molecule has 10 nitrogen and oxygen atoms in total. The average Bonchev–Trinajstić information content (AvgIpc) is 3.42. The van der Waals surface area contributed by atoms with Gasteiger partial charge in [0.2, 0.25) is 10.4 Å². The zero-order chi connectivity index (χ0) is 30.9. The van der Waals surface area contributed by atoms with Crippen LogP contribution in [0.3, 0.4) is 0 Å². The third-order valence-corrected chi connectivity index (χ3v) is 10.2. The number of methoxy groups -OCH3 is 2. The van der Waals surface area contributed by atoms with Crippen molar-refractivity contribution in [3.05, 3.63) is 107 Å². The Kier molecular flexibility index (Phi) is 11.3. The molecule has 0 N–H and O–H groups in total. The lowest BCUT2D eigenvalue weighted by Gasteiger charge is -2.36. The number of hydrogen-bond donors (Lipinski definition) is 0. The predicted octanol–water partition coefficient (Wildman–Crippen LogP) is 4.28. The van der Waals surface area contributed by atoms with Crippen molar-refractivity contribution in [3.8, 4) is 11.5 Å². The summed E-state index contributed by atoms with van der Waals surface area (Å²) in [4.78, 5) is 0. The van der Waals surface area contributed by atoms with E-state index >= 15 is 0 Å². The molecule has 0 aromatic heterocycles. The summed E-state index contributed by atoms with van der Waals surface area (Å²) < 4.78 is 74.7. The maximum absolute atomic E-state index is 11.6. The van der Waals surface area contributed by atoms with Crippen LogP contribution in [0.15, 0.2) is 90.3 Å². The average molecular weight is 645 g/mol. The van der Waals surface area contributed by atoms with Gasteiger partial charge >= 0.3 is 0 Å². The normalized spacial score (nSPS) is 25.2. The van der Waals surface area contributed by atoms with E-state index in [0.717, 1.165) is 28.2 Å². The fourth-order valence-corrected chi connectivity index (χ4v) is 7.82. The zero-order valence-electron chi connectivity index (χ0n) is 24.5. The van der Waals surface area contributed by atoms with Crippen LogP contribution in [0, 0.1) is 0 Å². The van der Waals surface area contributed by atoms with Crippen LogP contribution in [0.5, 0.6) is 11.5 Å². The smallest absolute Gasteiger partial charge is 0.218 e. The standard InChI is InChI=1S/C32H36O10S2/c1-36-26-12-8-23(9-13-26)18-38-21-31-28(39-19-24-10-14-27(37-2)15-11-24)16-17-43(31)22-30-29(42-44(33,34)35)20-40-32(41-30)25-6-4-3-5-7-25/h3-17,28-32H,18-22H2,1-2H3/t28-,29-,30+,31+,32?,43?/m0/s1. The van der Waals surface area contributed by atoms with E-state index in [1.807, 2.05) is 84.9 Å². The van der Waals surface area contributed by atoms with Gasteiger partial charge in [0.1, 0.15) is 41.0 Å². The van der Waals surface area contributed by atoms with Gasteiger partial charge < -0.3 is 33.0 Å². The van der Waals surface area contributed by atoms with E-state index in [9.17, 15) is 13.0 Å². The quantitative estimate of drug-likeness (QED) is 0.143. The van der Waals surface area contributed by atoms with Crippen LogP contribution >= 0.6 is 0 Å². The molecule has 0 saturated carbocycles. The molecule has 236 valence electrons. The first-order valence-electron chi connectivity index (χ1n) is 14.1. The van der Waals surface area contributed by atoms with Gasteiger partial charge in [-0.15, -0.1) is 0 Å². The molecular formula is C32H36O10S2. The third kappa shape index (κ3) is 9.05. The summed E-state index contributed by atoms with van der Waals surface area (Å²) in [6, 6.07) is 24.7. The highest BCUT2D eigenvalue weighted by Gasteiger charge is 2.47. The van der Waals surface area contributed by atoms with Gasteiger partial charge in [0.05, 0.1) is 40.6 Å². The Labute approximate surface area is 261 Å². The van der Waals surface area contributed by atoms with Gasteiger partial charge in [0.15, 0.2) is 11.5 Å². The van der Waals surface area contributed by atoms with Gasteiger partial charge in [-0.3, -0.25) is 4.18 Å². The molecule has 0 aliphatic carbocycles. The Morgan fingerprint density at radius 1 is 0.886 bits per heavy atom. The molecule has 3 aromatic rings. The highest BCUT2D eigenvalue weighted by molar-refractivity contribution is 8.00. The van der Waals surface area contributed by atoms with E-state index in [0.29, 0.717) is 25.6 Å². The number of hydrogen-bond acceptors (Lipinski definition) is 10. The molecule has 2 heterocycles. The summed E-state index contributed by atoms with van der Waals surface area (Å²) in [5.41, 5.74) is 2.78. The Bertz CT molecular complexity index is 1450. The van der Waals surface area contributed by atoms with Crippen molar-refractivity contribution in [1.29, 1.82) is 0 Å². The maximum Gasteiger partial charge on any atom is 0.218 e. The molecule has 5 rings (SSSR count). The van der Waals surface area contributed by atoms with Crippen molar-refractivity contribution in [1.82, 2.24) is 0 Å². The molecule has 6 atom stereocenters. The first kappa shape index (κ1) is 32.5. The van der Waals surface area contributed by atoms with Crippen LogP contribution in [-0.2, 0) is 57.6 Å². The second-order valence-electron chi connectivity index (χ2n) is 10.3. The van der Waals surface area contributed by atoms with E-state index in [4.69, 9.17) is 32.6 Å². The summed E-state index contributed by atoms with van der Waals surface area (Å²) in [7, 11) is -2.20.